The number of amides is 1. The minimum atomic E-state index is -0.507. The molecule has 132 valence electrons. The van der Waals surface area contributed by atoms with Gasteiger partial charge in [-0.25, -0.2) is 14.4 Å². The maximum atomic E-state index is 13.7. The molecule has 0 saturated carbocycles. The van der Waals surface area contributed by atoms with Crippen LogP contribution < -0.4 is 10.6 Å². The fourth-order valence-electron chi connectivity index (χ4n) is 2.30. The molecule has 0 unspecified atom stereocenters. The van der Waals surface area contributed by atoms with Crippen LogP contribution in [0.5, 0.6) is 0 Å². The van der Waals surface area contributed by atoms with E-state index < -0.39 is 11.7 Å². The van der Waals surface area contributed by atoms with E-state index in [0.717, 1.165) is 5.56 Å². The lowest BCUT2D eigenvalue weighted by Crippen LogP contribution is -2.16. The van der Waals surface area contributed by atoms with Crippen molar-refractivity contribution in [2.75, 3.05) is 10.6 Å². The van der Waals surface area contributed by atoms with E-state index in [4.69, 9.17) is 11.6 Å². The lowest BCUT2D eigenvalue weighted by atomic mass is 10.2. The number of aromatic nitrogens is 2. The van der Waals surface area contributed by atoms with Crippen molar-refractivity contribution < 1.29 is 9.18 Å². The quantitative estimate of drug-likeness (QED) is 0.696. The first-order valence-corrected chi connectivity index (χ1v) is 8.29. The van der Waals surface area contributed by atoms with E-state index in [0.29, 0.717) is 23.2 Å². The molecule has 0 bridgehead atoms. The summed E-state index contributed by atoms with van der Waals surface area (Å²) in [4.78, 5) is 20.9. The Balaban J connectivity index is 1.73. The highest BCUT2D eigenvalue weighted by molar-refractivity contribution is 6.30. The van der Waals surface area contributed by atoms with E-state index in [1.807, 2.05) is 12.1 Å². The third kappa shape index (κ3) is 4.55. The molecule has 1 amide bonds. The zero-order valence-electron chi connectivity index (χ0n) is 14.0. The van der Waals surface area contributed by atoms with Crippen molar-refractivity contribution in [3.05, 3.63) is 82.4 Å². The third-order valence-corrected chi connectivity index (χ3v) is 3.82. The molecule has 3 rings (SSSR count). The van der Waals surface area contributed by atoms with Crippen LogP contribution in [0.3, 0.4) is 0 Å². The second kappa shape index (κ2) is 7.93. The van der Waals surface area contributed by atoms with Crippen molar-refractivity contribution in [2.45, 2.75) is 13.5 Å². The van der Waals surface area contributed by atoms with Gasteiger partial charge in [0, 0.05) is 17.3 Å². The molecule has 0 saturated heterocycles. The number of rotatable bonds is 5. The molecule has 0 spiro atoms. The predicted molar refractivity (Wildman–Crippen MR) is 99.9 cm³/mol. The minimum absolute atomic E-state index is 0.101. The Morgan fingerprint density at radius 3 is 2.58 bits per heavy atom. The molecule has 0 aliphatic heterocycles. The van der Waals surface area contributed by atoms with E-state index in [9.17, 15) is 9.18 Å². The highest BCUT2D eigenvalue weighted by atomic mass is 35.5. The third-order valence-electron chi connectivity index (χ3n) is 3.57. The zero-order chi connectivity index (χ0) is 18.5. The van der Waals surface area contributed by atoms with Crippen molar-refractivity contribution in [1.29, 1.82) is 0 Å². The highest BCUT2D eigenvalue weighted by Crippen LogP contribution is 2.15. The van der Waals surface area contributed by atoms with Crippen LogP contribution in [-0.4, -0.2) is 15.9 Å². The summed E-state index contributed by atoms with van der Waals surface area (Å²) in [6.07, 6.45) is 0. The molecule has 0 fully saturated rings. The van der Waals surface area contributed by atoms with Gasteiger partial charge in [-0.15, -0.1) is 0 Å². The van der Waals surface area contributed by atoms with Crippen molar-refractivity contribution >= 4 is 29.1 Å². The Morgan fingerprint density at radius 1 is 1.12 bits per heavy atom. The van der Waals surface area contributed by atoms with Gasteiger partial charge in [0.25, 0.3) is 5.91 Å². The number of para-hydroxylation sites is 1. The van der Waals surface area contributed by atoms with Crippen molar-refractivity contribution in [2.24, 2.45) is 0 Å². The van der Waals surface area contributed by atoms with Crippen LogP contribution in [-0.2, 0) is 6.54 Å². The summed E-state index contributed by atoms with van der Waals surface area (Å²) in [6, 6.07) is 14.9. The number of anilines is 2. The summed E-state index contributed by atoms with van der Waals surface area (Å²) >= 11 is 5.87. The van der Waals surface area contributed by atoms with Gasteiger partial charge in [0.05, 0.1) is 5.69 Å². The summed E-state index contributed by atoms with van der Waals surface area (Å²) in [7, 11) is 0. The fourth-order valence-corrected chi connectivity index (χ4v) is 2.42. The summed E-state index contributed by atoms with van der Waals surface area (Å²) in [5.74, 6) is -0.693. The first-order valence-electron chi connectivity index (χ1n) is 7.91. The van der Waals surface area contributed by atoms with E-state index in [1.54, 1.807) is 37.3 Å². The number of carbonyl (C=O) groups excluding carboxylic acids is 1. The Morgan fingerprint density at radius 2 is 1.85 bits per heavy atom. The van der Waals surface area contributed by atoms with Gasteiger partial charge in [-0.2, -0.15) is 0 Å². The van der Waals surface area contributed by atoms with E-state index in [1.165, 1.54) is 12.1 Å². The summed E-state index contributed by atoms with van der Waals surface area (Å²) in [5, 5.41) is 6.25. The van der Waals surface area contributed by atoms with Gasteiger partial charge in [-0.05, 0) is 42.8 Å². The number of nitrogens with one attached hydrogen (secondary N) is 2. The average molecular weight is 371 g/mol. The molecule has 7 heteroatoms. The summed E-state index contributed by atoms with van der Waals surface area (Å²) in [6.45, 7) is 2.24. The van der Waals surface area contributed by atoms with E-state index in [2.05, 4.69) is 20.6 Å². The monoisotopic (exact) mass is 370 g/mol. The fraction of sp³-hybridized carbons (Fsp3) is 0.105. The van der Waals surface area contributed by atoms with Crippen LogP contribution >= 0.6 is 11.6 Å². The molecule has 2 aromatic carbocycles. The SMILES string of the molecule is Cc1cc(C(=O)Nc2ccccc2F)nc(NCc2ccc(Cl)cc2)n1. The van der Waals surface area contributed by atoms with Crippen LogP contribution in [0.4, 0.5) is 16.0 Å². The molecule has 1 aromatic heterocycles. The molecule has 0 atom stereocenters. The van der Waals surface area contributed by atoms with Crippen molar-refractivity contribution in [3.63, 3.8) is 0 Å². The normalized spacial score (nSPS) is 10.4. The van der Waals surface area contributed by atoms with Gasteiger partial charge in [-0.3, -0.25) is 4.79 Å². The van der Waals surface area contributed by atoms with Gasteiger partial charge in [0.15, 0.2) is 0 Å². The van der Waals surface area contributed by atoms with Crippen molar-refractivity contribution in [3.8, 4) is 0 Å². The minimum Gasteiger partial charge on any atom is -0.350 e. The lowest BCUT2D eigenvalue weighted by molar-refractivity contribution is 0.102. The molecule has 0 radical (unpaired) electrons. The van der Waals surface area contributed by atoms with Crippen LogP contribution in [0, 0.1) is 12.7 Å². The smallest absolute Gasteiger partial charge is 0.274 e. The number of carbonyl (C=O) groups is 1. The maximum absolute atomic E-state index is 13.7. The van der Waals surface area contributed by atoms with Crippen LogP contribution in [0.25, 0.3) is 0 Å². The Bertz CT molecular complexity index is 931. The van der Waals surface area contributed by atoms with Gasteiger partial charge in [0.2, 0.25) is 5.95 Å². The zero-order valence-corrected chi connectivity index (χ0v) is 14.7. The van der Waals surface area contributed by atoms with E-state index in [-0.39, 0.29) is 11.4 Å². The van der Waals surface area contributed by atoms with Gasteiger partial charge in [-0.1, -0.05) is 35.9 Å². The number of halogens is 2. The molecule has 5 nitrogen and oxygen atoms in total. The standard InChI is InChI=1S/C19H16ClFN4O/c1-12-10-17(18(26)24-16-5-3-2-4-15(16)21)25-19(23-12)22-11-13-6-8-14(20)9-7-13/h2-10H,11H2,1H3,(H,24,26)(H,22,23,25). The van der Waals surface area contributed by atoms with Crippen molar-refractivity contribution in [1.82, 2.24) is 9.97 Å². The molecule has 3 aromatic rings. The van der Waals surface area contributed by atoms with Gasteiger partial charge in [0.1, 0.15) is 11.5 Å². The predicted octanol–water partition coefficient (Wildman–Crippen LogP) is 4.44. The number of benzene rings is 2. The number of aryl methyl sites for hydroxylation is 1. The van der Waals surface area contributed by atoms with E-state index >= 15 is 0 Å². The number of nitrogens with zero attached hydrogens (tertiary/aromatic N) is 2. The Labute approximate surface area is 155 Å². The van der Waals surface area contributed by atoms with Crippen LogP contribution in [0.15, 0.2) is 54.6 Å². The number of hydrogen-bond donors (Lipinski definition) is 2. The first kappa shape index (κ1) is 17.8. The average Bonchev–Trinajstić information content (AvgIpc) is 2.63. The van der Waals surface area contributed by atoms with Gasteiger partial charge >= 0.3 is 0 Å². The van der Waals surface area contributed by atoms with Gasteiger partial charge < -0.3 is 10.6 Å². The second-order valence-corrected chi connectivity index (χ2v) is 6.07. The Hall–Kier alpha value is -2.99. The molecular weight excluding hydrogens is 355 g/mol. The largest absolute Gasteiger partial charge is 0.350 e. The molecule has 0 aliphatic carbocycles. The number of hydrogen-bond acceptors (Lipinski definition) is 4. The molecule has 0 aliphatic rings. The molecular formula is C19H16ClFN4O. The molecule has 1 heterocycles. The molecule has 2 N–H and O–H groups in total. The maximum Gasteiger partial charge on any atom is 0.274 e. The topological polar surface area (TPSA) is 66.9 Å². The second-order valence-electron chi connectivity index (χ2n) is 5.63. The first-order chi connectivity index (χ1) is 12.5. The van der Waals surface area contributed by atoms with Crippen LogP contribution in [0.2, 0.25) is 5.02 Å². The van der Waals surface area contributed by atoms with Crippen LogP contribution in [0.1, 0.15) is 21.7 Å². The highest BCUT2D eigenvalue weighted by Gasteiger charge is 2.13. The molecule has 26 heavy (non-hydrogen) atoms. The Kier molecular flexibility index (Phi) is 5.43. The summed E-state index contributed by atoms with van der Waals surface area (Å²) in [5.41, 5.74) is 1.87. The lowest BCUT2D eigenvalue weighted by Gasteiger charge is -2.09. The summed E-state index contributed by atoms with van der Waals surface area (Å²) < 4.78 is 13.7.